The molecule has 11 heavy (non-hydrogen) atoms. The van der Waals surface area contributed by atoms with E-state index in [9.17, 15) is 18.0 Å². The quantitative estimate of drug-likeness (QED) is 0.463. The van der Waals surface area contributed by atoms with Crippen LogP contribution in [0.5, 0.6) is 0 Å². The summed E-state index contributed by atoms with van der Waals surface area (Å²) in [5, 5.41) is 0. The van der Waals surface area contributed by atoms with E-state index in [1.54, 1.807) is 0 Å². The zero-order valence-electron chi connectivity index (χ0n) is 6.03. The van der Waals surface area contributed by atoms with E-state index in [1.807, 2.05) is 0 Å². The van der Waals surface area contributed by atoms with Gasteiger partial charge in [-0.2, -0.15) is 13.2 Å². The van der Waals surface area contributed by atoms with Crippen molar-refractivity contribution in [3.63, 3.8) is 0 Å². The summed E-state index contributed by atoms with van der Waals surface area (Å²) in [6.07, 6.45) is -4.18. The molecular weight excluding hydrogens is 161 g/mol. The Morgan fingerprint density at radius 1 is 1.45 bits per heavy atom. The number of methoxy groups -OCH3 is 1. The van der Waals surface area contributed by atoms with Gasteiger partial charge in [-0.25, -0.2) is 0 Å². The molecule has 0 amide bonds. The van der Waals surface area contributed by atoms with Gasteiger partial charge < -0.3 is 4.74 Å². The molecule has 5 heteroatoms. The molecule has 0 fully saturated rings. The average Bonchev–Trinajstić information content (AvgIpc) is 1.79. The van der Waals surface area contributed by atoms with Crippen molar-refractivity contribution in [2.24, 2.45) is 0 Å². The van der Waals surface area contributed by atoms with Crippen molar-refractivity contribution in [2.75, 3.05) is 7.11 Å². The summed E-state index contributed by atoms with van der Waals surface area (Å²) in [4.78, 5) is 10.2. The molecule has 0 aromatic heterocycles. The van der Waals surface area contributed by atoms with Gasteiger partial charge in [0.05, 0.1) is 7.11 Å². The van der Waals surface area contributed by atoms with Crippen molar-refractivity contribution >= 4 is 5.78 Å². The fourth-order valence-corrected chi connectivity index (χ4v) is 0.441. The second-order valence-corrected chi connectivity index (χ2v) is 1.82. The Labute approximate surface area is 61.6 Å². The average molecular weight is 168 g/mol. The maximum Gasteiger partial charge on any atom is 0.449 e. The van der Waals surface area contributed by atoms with Crippen LogP contribution in [0.2, 0.25) is 0 Å². The second-order valence-electron chi connectivity index (χ2n) is 1.82. The third-order valence-electron chi connectivity index (χ3n) is 0.834. The lowest BCUT2D eigenvalue weighted by Crippen LogP contribution is -2.14. The third-order valence-corrected chi connectivity index (χ3v) is 0.834. The zero-order chi connectivity index (χ0) is 9.07. The minimum absolute atomic E-state index is 0.403. The standard InChI is InChI=1S/C6H7F3O2/c1-4(10)3-5(11-2)6(7,8)9/h3H,1-2H3/b5-3+. The van der Waals surface area contributed by atoms with Crippen molar-refractivity contribution in [3.8, 4) is 0 Å². The first-order valence-electron chi connectivity index (χ1n) is 2.71. The number of halogens is 3. The monoisotopic (exact) mass is 168 g/mol. The van der Waals surface area contributed by atoms with Crippen LogP contribution in [0, 0.1) is 0 Å². The van der Waals surface area contributed by atoms with E-state index in [1.165, 1.54) is 0 Å². The van der Waals surface area contributed by atoms with Crippen LogP contribution in [-0.4, -0.2) is 19.1 Å². The summed E-state index contributed by atoms with van der Waals surface area (Å²) in [6, 6.07) is 0. The SMILES string of the molecule is CO/C(=C/C(C)=O)C(F)(F)F. The Balaban J connectivity index is 4.54. The maximum atomic E-state index is 11.7. The summed E-state index contributed by atoms with van der Waals surface area (Å²) < 4.78 is 39.1. The van der Waals surface area contributed by atoms with Gasteiger partial charge in [-0.3, -0.25) is 4.79 Å². The molecule has 0 rings (SSSR count). The molecule has 0 aromatic carbocycles. The summed E-state index contributed by atoms with van der Waals surface area (Å²) in [5.74, 6) is -1.97. The number of carbonyl (C=O) groups is 1. The van der Waals surface area contributed by atoms with Gasteiger partial charge in [0.2, 0.25) is 5.76 Å². The van der Waals surface area contributed by atoms with Crippen molar-refractivity contribution in [3.05, 3.63) is 11.8 Å². The first kappa shape index (κ1) is 10.0. The molecule has 0 saturated carbocycles. The van der Waals surface area contributed by atoms with E-state index in [-0.39, 0.29) is 0 Å². The topological polar surface area (TPSA) is 26.3 Å². The van der Waals surface area contributed by atoms with Crippen LogP contribution >= 0.6 is 0 Å². The summed E-state index contributed by atoms with van der Waals surface area (Å²) >= 11 is 0. The van der Waals surface area contributed by atoms with Crippen molar-refractivity contribution in [1.82, 2.24) is 0 Å². The molecule has 0 spiro atoms. The van der Waals surface area contributed by atoms with Crippen LogP contribution in [0.3, 0.4) is 0 Å². The number of hydrogen-bond acceptors (Lipinski definition) is 2. The Morgan fingerprint density at radius 2 is 1.91 bits per heavy atom. The number of allylic oxidation sites excluding steroid dienone is 2. The Morgan fingerprint density at radius 3 is 2.00 bits per heavy atom. The van der Waals surface area contributed by atoms with Crippen LogP contribution in [0.15, 0.2) is 11.8 Å². The molecular formula is C6H7F3O2. The van der Waals surface area contributed by atoms with Crippen LogP contribution < -0.4 is 0 Å². The van der Waals surface area contributed by atoms with Crippen LogP contribution in [0.1, 0.15) is 6.92 Å². The number of alkyl halides is 3. The van der Waals surface area contributed by atoms with Crippen molar-refractivity contribution < 1.29 is 22.7 Å². The lowest BCUT2D eigenvalue weighted by molar-refractivity contribution is -0.129. The first-order chi connectivity index (χ1) is 4.88. The molecule has 0 atom stereocenters. The normalized spacial score (nSPS) is 13.0. The lowest BCUT2D eigenvalue weighted by atomic mass is 10.3. The molecule has 0 aliphatic rings. The minimum Gasteiger partial charge on any atom is -0.492 e. The van der Waals surface area contributed by atoms with Gasteiger partial charge in [-0.1, -0.05) is 0 Å². The number of rotatable bonds is 2. The van der Waals surface area contributed by atoms with Gasteiger partial charge >= 0.3 is 6.18 Å². The molecule has 0 aliphatic carbocycles. The van der Waals surface area contributed by atoms with Crippen LogP contribution in [-0.2, 0) is 9.53 Å². The molecule has 0 radical (unpaired) electrons. The summed E-state index contributed by atoms with van der Waals surface area (Å²) in [7, 11) is 0.863. The molecule has 0 aliphatic heterocycles. The smallest absolute Gasteiger partial charge is 0.449 e. The molecule has 0 saturated heterocycles. The van der Waals surface area contributed by atoms with Gasteiger partial charge in [0, 0.05) is 6.08 Å². The molecule has 0 unspecified atom stereocenters. The van der Waals surface area contributed by atoms with Gasteiger partial charge in [-0.05, 0) is 6.92 Å². The molecule has 64 valence electrons. The van der Waals surface area contributed by atoms with E-state index in [0.717, 1.165) is 14.0 Å². The fraction of sp³-hybridized carbons (Fsp3) is 0.500. The highest BCUT2D eigenvalue weighted by atomic mass is 19.4. The summed E-state index contributed by atoms with van der Waals surface area (Å²) in [6.45, 7) is 1.02. The number of hydrogen-bond donors (Lipinski definition) is 0. The second kappa shape index (κ2) is 3.41. The Hall–Kier alpha value is -1.00. The molecule has 0 heterocycles. The van der Waals surface area contributed by atoms with Gasteiger partial charge in [-0.15, -0.1) is 0 Å². The Bertz CT molecular complexity index is 181. The van der Waals surface area contributed by atoms with Crippen molar-refractivity contribution in [2.45, 2.75) is 13.1 Å². The summed E-state index contributed by atoms with van der Waals surface area (Å²) in [5.41, 5.74) is 0. The predicted molar refractivity (Wildman–Crippen MR) is 31.8 cm³/mol. The number of ketones is 1. The third kappa shape index (κ3) is 3.64. The zero-order valence-corrected chi connectivity index (χ0v) is 6.03. The highest BCUT2D eigenvalue weighted by Crippen LogP contribution is 2.25. The minimum atomic E-state index is -4.58. The van der Waals surface area contributed by atoms with E-state index in [4.69, 9.17) is 0 Å². The van der Waals surface area contributed by atoms with E-state index >= 15 is 0 Å². The number of ether oxygens (including phenoxy) is 1. The largest absolute Gasteiger partial charge is 0.492 e. The first-order valence-corrected chi connectivity index (χ1v) is 2.71. The highest BCUT2D eigenvalue weighted by molar-refractivity contribution is 5.87. The maximum absolute atomic E-state index is 11.7. The van der Waals surface area contributed by atoms with Gasteiger partial charge in [0.1, 0.15) is 0 Å². The van der Waals surface area contributed by atoms with Crippen LogP contribution in [0.25, 0.3) is 0 Å². The predicted octanol–water partition coefficient (Wildman–Crippen LogP) is 1.67. The van der Waals surface area contributed by atoms with E-state index < -0.39 is 17.7 Å². The molecule has 2 nitrogen and oxygen atoms in total. The van der Waals surface area contributed by atoms with E-state index in [0.29, 0.717) is 6.08 Å². The van der Waals surface area contributed by atoms with Crippen molar-refractivity contribution in [1.29, 1.82) is 0 Å². The van der Waals surface area contributed by atoms with Crippen LogP contribution in [0.4, 0.5) is 13.2 Å². The molecule has 0 bridgehead atoms. The molecule has 0 N–H and O–H groups in total. The Kier molecular flexibility index (Phi) is 3.10. The molecule has 0 aromatic rings. The van der Waals surface area contributed by atoms with E-state index in [2.05, 4.69) is 4.74 Å². The lowest BCUT2D eigenvalue weighted by Gasteiger charge is -2.08. The number of carbonyl (C=O) groups excluding carboxylic acids is 1. The fourth-order valence-electron chi connectivity index (χ4n) is 0.441. The van der Waals surface area contributed by atoms with Gasteiger partial charge in [0.15, 0.2) is 5.78 Å². The van der Waals surface area contributed by atoms with Gasteiger partial charge in [0.25, 0.3) is 0 Å². The highest BCUT2D eigenvalue weighted by Gasteiger charge is 2.35.